The van der Waals surface area contributed by atoms with E-state index in [4.69, 9.17) is 10.3 Å². The van der Waals surface area contributed by atoms with E-state index in [0.29, 0.717) is 4.73 Å². The molecule has 0 amide bonds. The number of rotatable bonds is 1. The summed E-state index contributed by atoms with van der Waals surface area (Å²) in [5.74, 6) is -0.942. The first-order valence-electron chi connectivity index (χ1n) is 5.51. The fourth-order valence-electron chi connectivity index (χ4n) is 1.41. The number of hydrogen-bond donors (Lipinski definition) is 4. The highest BCUT2D eigenvalue weighted by Crippen LogP contribution is 1.97. The van der Waals surface area contributed by atoms with Gasteiger partial charge in [-0.05, 0) is 12.1 Å². The zero-order valence-electron chi connectivity index (χ0n) is 10.3. The number of carbonyl (C=O) groups is 1. The van der Waals surface area contributed by atoms with Gasteiger partial charge < -0.3 is 10.3 Å². The average molecular weight is 291 g/mol. The molecule has 0 bridgehead atoms. The van der Waals surface area contributed by atoms with Gasteiger partial charge in [0.1, 0.15) is 6.33 Å². The zero-order valence-corrected chi connectivity index (χ0v) is 10.3. The Morgan fingerprint density at radius 3 is 2.62 bits per heavy atom. The van der Waals surface area contributed by atoms with Gasteiger partial charge in [-0.25, -0.2) is 14.6 Å². The summed E-state index contributed by atoms with van der Waals surface area (Å²) in [6, 6.07) is 3.08. The monoisotopic (exact) mass is 291 g/mol. The number of nitrogens with zero attached hydrogens (tertiary/aromatic N) is 3. The standard InChI is InChI=1S/C6H5NO2.C5H4N4O3/c8-6(9)5-2-1-3-7-4-5;10-4-2-3(7-5(11)8-4)9(12)1-6-2/h1-4H,(H,8,9);1,12H,(H2,7,8,10,11). The van der Waals surface area contributed by atoms with Crippen LogP contribution in [0.5, 0.6) is 0 Å². The maximum atomic E-state index is 11.0. The third-order valence-electron chi connectivity index (χ3n) is 2.33. The first kappa shape index (κ1) is 14.0. The number of hydrogen-bond acceptors (Lipinski definition) is 6. The van der Waals surface area contributed by atoms with Crippen LogP contribution in [-0.4, -0.2) is 40.9 Å². The summed E-state index contributed by atoms with van der Waals surface area (Å²) >= 11 is 0. The van der Waals surface area contributed by atoms with E-state index in [1.807, 2.05) is 4.98 Å². The van der Waals surface area contributed by atoms with E-state index in [1.165, 1.54) is 18.5 Å². The molecule has 3 heterocycles. The minimum atomic E-state index is -0.942. The summed E-state index contributed by atoms with van der Waals surface area (Å²) in [5.41, 5.74) is -1.09. The Morgan fingerprint density at radius 1 is 1.29 bits per heavy atom. The molecule has 0 unspecified atom stereocenters. The molecule has 0 atom stereocenters. The number of carboxylic acids is 1. The highest BCUT2D eigenvalue weighted by Gasteiger charge is 2.05. The number of nitrogens with one attached hydrogen (secondary N) is 2. The van der Waals surface area contributed by atoms with Crippen LogP contribution in [0.1, 0.15) is 10.4 Å². The lowest BCUT2D eigenvalue weighted by Gasteiger charge is -1.89. The molecule has 0 aliphatic carbocycles. The minimum absolute atomic E-state index is 0.00269. The van der Waals surface area contributed by atoms with Crippen LogP contribution in [0.2, 0.25) is 0 Å². The molecule has 0 saturated heterocycles. The van der Waals surface area contributed by atoms with Crippen LogP contribution in [-0.2, 0) is 0 Å². The number of fused-ring (bicyclic) bond motifs is 1. The van der Waals surface area contributed by atoms with Crippen LogP contribution in [0.25, 0.3) is 11.2 Å². The van der Waals surface area contributed by atoms with E-state index < -0.39 is 17.2 Å². The quantitative estimate of drug-likeness (QED) is 0.437. The van der Waals surface area contributed by atoms with E-state index in [-0.39, 0.29) is 16.7 Å². The molecule has 21 heavy (non-hydrogen) atoms. The summed E-state index contributed by atoms with van der Waals surface area (Å²) < 4.78 is 0.575. The number of aromatic amines is 2. The lowest BCUT2D eigenvalue weighted by atomic mass is 10.3. The topological polar surface area (TPSA) is 154 Å². The van der Waals surface area contributed by atoms with Crippen LogP contribution in [0.3, 0.4) is 0 Å². The molecular formula is C11H9N5O5. The second-order valence-electron chi connectivity index (χ2n) is 3.74. The van der Waals surface area contributed by atoms with Gasteiger partial charge in [-0.2, -0.15) is 4.73 Å². The van der Waals surface area contributed by atoms with Gasteiger partial charge in [-0.3, -0.25) is 19.7 Å². The minimum Gasteiger partial charge on any atom is -0.478 e. The Hall–Kier alpha value is -3.43. The third-order valence-corrected chi connectivity index (χ3v) is 2.33. The predicted molar refractivity (Wildman–Crippen MR) is 69.4 cm³/mol. The molecular weight excluding hydrogens is 282 g/mol. The Kier molecular flexibility index (Phi) is 3.79. The van der Waals surface area contributed by atoms with Crippen molar-refractivity contribution < 1.29 is 15.1 Å². The Morgan fingerprint density at radius 2 is 2.05 bits per heavy atom. The molecule has 108 valence electrons. The Bertz CT molecular complexity index is 879. The largest absolute Gasteiger partial charge is 0.478 e. The van der Waals surface area contributed by atoms with Gasteiger partial charge in [0.25, 0.3) is 5.56 Å². The van der Waals surface area contributed by atoms with Crippen LogP contribution in [0, 0.1) is 0 Å². The summed E-state index contributed by atoms with van der Waals surface area (Å²) in [7, 11) is 0. The van der Waals surface area contributed by atoms with Crippen LogP contribution in [0.15, 0.2) is 40.4 Å². The molecule has 0 spiro atoms. The molecule has 10 nitrogen and oxygen atoms in total. The smallest absolute Gasteiger partial charge is 0.337 e. The van der Waals surface area contributed by atoms with Gasteiger partial charge >= 0.3 is 11.7 Å². The van der Waals surface area contributed by atoms with Crippen molar-refractivity contribution in [3.8, 4) is 0 Å². The summed E-state index contributed by atoms with van der Waals surface area (Å²) in [5, 5.41) is 17.3. The summed E-state index contributed by atoms with van der Waals surface area (Å²) in [6.07, 6.45) is 3.87. The summed E-state index contributed by atoms with van der Waals surface area (Å²) in [4.78, 5) is 43.2. The number of carboxylic acid groups (broad SMARTS) is 1. The molecule has 3 aromatic rings. The second kappa shape index (κ2) is 5.69. The number of pyridine rings is 1. The number of imidazole rings is 1. The van der Waals surface area contributed by atoms with Crippen LogP contribution < -0.4 is 11.2 Å². The molecule has 4 N–H and O–H groups in total. The Balaban J connectivity index is 0.000000161. The lowest BCUT2D eigenvalue weighted by molar-refractivity contribution is 0.0696. The van der Waals surface area contributed by atoms with Gasteiger partial charge in [-0.1, -0.05) is 0 Å². The van der Waals surface area contributed by atoms with E-state index in [9.17, 15) is 14.4 Å². The zero-order chi connectivity index (χ0) is 15.4. The normalized spacial score (nSPS) is 9.90. The lowest BCUT2D eigenvalue weighted by Crippen LogP contribution is -2.22. The van der Waals surface area contributed by atoms with Gasteiger partial charge in [-0.15, -0.1) is 0 Å². The molecule has 10 heteroatoms. The van der Waals surface area contributed by atoms with Crippen molar-refractivity contribution in [1.82, 2.24) is 24.7 Å². The fraction of sp³-hybridized carbons (Fsp3) is 0. The maximum absolute atomic E-state index is 11.0. The first-order valence-corrected chi connectivity index (χ1v) is 5.51. The van der Waals surface area contributed by atoms with Gasteiger partial charge in [0.05, 0.1) is 5.56 Å². The van der Waals surface area contributed by atoms with Crippen LogP contribution in [0.4, 0.5) is 0 Å². The van der Waals surface area contributed by atoms with Crippen LogP contribution >= 0.6 is 0 Å². The van der Waals surface area contributed by atoms with E-state index >= 15 is 0 Å². The van der Waals surface area contributed by atoms with E-state index in [1.54, 1.807) is 6.07 Å². The van der Waals surface area contributed by atoms with Crippen molar-refractivity contribution in [2.45, 2.75) is 0 Å². The molecule has 0 saturated carbocycles. The maximum Gasteiger partial charge on any atom is 0.337 e. The van der Waals surface area contributed by atoms with Crippen molar-refractivity contribution in [2.24, 2.45) is 0 Å². The highest BCUT2D eigenvalue weighted by atomic mass is 16.5. The van der Waals surface area contributed by atoms with Gasteiger partial charge in [0, 0.05) is 12.4 Å². The van der Waals surface area contributed by atoms with Gasteiger partial charge in [0.15, 0.2) is 11.2 Å². The average Bonchev–Trinajstić information content (AvgIpc) is 2.82. The second-order valence-corrected chi connectivity index (χ2v) is 3.74. The van der Waals surface area contributed by atoms with Crippen molar-refractivity contribution in [1.29, 1.82) is 0 Å². The molecule has 0 radical (unpaired) electrons. The van der Waals surface area contributed by atoms with Crippen molar-refractivity contribution in [3.63, 3.8) is 0 Å². The molecule has 3 rings (SSSR count). The third kappa shape index (κ3) is 3.12. The van der Waals surface area contributed by atoms with Crippen molar-refractivity contribution in [2.75, 3.05) is 0 Å². The number of aromatic nitrogens is 5. The fourth-order valence-corrected chi connectivity index (χ4v) is 1.41. The van der Waals surface area contributed by atoms with Crippen molar-refractivity contribution >= 4 is 17.1 Å². The van der Waals surface area contributed by atoms with Crippen molar-refractivity contribution in [3.05, 3.63) is 57.3 Å². The van der Waals surface area contributed by atoms with E-state index in [2.05, 4.69) is 15.0 Å². The van der Waals surface area contributed by atoms with E-state index in [0.717, 1.165) is 6.33 Å². The predicted octanol–water partition coefficient (Wildman–Crippen LogP) is -0.570. The summed E-state index contributed by atoms with van der Waals surface area (Å²) in [6.45, 7) is 0. The molecule has 0 aliphatic rings. The Labute approximate surface area is 115 Å². The SMILES string of the molecule is O=C(O)c1cccnc1.O=c1[nH]c(=O)c2ncn(O)c2[nH]1. The number of H-pyrrole nitrogens is 2. The highest BCUT2D eigenvalue weighted by molar-refractivity contribution is 5.86. The number of aromatic carboxylic acids is 1. The van der Waals surface area contributed by atoms with Gasteiger partial charge in [0.2, 0.25) is 0 Å². The molecule has 0 aromatic carbocycles. The molecule has 3 aromatic heterocycles. The molecule has 0 fully saturated rings. The molecule has 0 aliphatic heterocycles. The first-order chi connectivity index (χ1) is 9.99.